The Morgan fingerprint density at radius 1 is 0.600 bits per heavy atom. The number of carboxylic acid groups (broad SMARTS) is 1. The Kier molecular flexibility index (Phi) is 37.6. The van der Waals surface area contributed by atoms with Gasteiger partial charge in [0.15, 0.2) is 0 Å². The first-order chi connectivity index (χ1) is 64.4. The van der Waals surface area contributed by atoms with Crippen LogP contribution in [0.15, 0.2) is 109 Å². The number of para-hydroxylation sites is 2. The number of carboxylic acids is 1. The number of H-pyrrole nitrogens is 3. The van der Waals surface area contributed by atoms with Crippen molar-refractivity contribution in [1.82, 2.24) is 97.6 Å². The molecule has 3 saturated heterocycles. The molecule has 4 aliphatic rings. The number of carbonyl (C=O) groups excluding carboxylic acids is 16. The second-order valence-electron chi connectivity index (χ2n) is 34.7. The van der Waals surface area contributed by atoms with Crippen LogP contribution in [0.4, 0.5) is 0 Å². The number of aliphatic hydroxyl groups excluding tert-OH is 1. The molecule has 16 amide bonds. The van der Waals surface area contributed by atoms with E-state index in [1.54, 1.807) is 55.8 Å². The molecule has 10 rings (SSSR count). The van der Waals surface area contributed by atoms with E-state index in [9.17, 15) is 58.5 Å². The number of allylic oxidation sites excluding steroid dienone is 1. The minimum atomic E-state index is -1.83. The van der Waals surface area contributed by atoms with E-state index in [1.165, 1.54) is 74.6 Å². The SMILES string of the molecule is CCCC[C@H]1C2=CCC(C)C[C@H](N2)C(=O)N[C@H](C(=O)NCC(N)=O)CSCC(=O)N[C@@H](Cc2ccc(O)cc2)C(=O)N(C)[C@@H](C)C(=O)N[C@@H](CC(N)=O)C(=O)N2CCC[C@H]2C(=O)N[C@@H](Cc2cnc[nH]2)C(=O)N[C@@H](CCC(=O)O)C(=O)N2C[C@H](O)C[C@H]2C(=O)N[C@@H](Cc2c[nH]c3ccccc23)C(=O)N[C@@H](CCN)C(=O)N[C@@H](Cc2c[nH]c3ccccc23)C(=O)N(CCOC)[C@@H](C)C(=O)N1C. The number of primary amides is 2. The fraction of sp³-hybridized carbons (Fsp3) is 0.516. The predicted molar refractivity (Wildman–Crippen MR) is 493 cm³/mol. The zero-order valence-electron chi connectivity index (χ0n) is 76.5. The largest absolute Gasteiger partial charge is 0.508 e. The number of carbonyl (C=O) groups is 17. The number of aromatic nitrogens is 4. The number of aromatic hydroxyl groups is 1. The second-order valence-corrected chi connectivity index (χ2v) is 35.7. The molecule has 3 fully saturated rings. The smallest absolute Gasteiger partial charge is 0.303 e. The number of likely N-dealkylation sites (N-methyl/N-ethyl adjacent to an activating group) is 2. The quantitative estimate of drug-likeness (QED) is 0.0301. The highest BCUT2D eigenvalue weighted by Gasteiger charge is 2.47. The van der Waals surface area contributed by atoms with Crippen molar-refractivity contribution in [3.8, 4) is 5.75 Å². The molecular formula is C91H124N22O21S. The van der Waals surface area contributed by atoms with Crippen LogP contribution in [0.25, 0.3) is 21.8 Å². The molecule has 3 aromatic carbocycles. The summed E-state index contributed by atoms with van der Waals surface area (Å²) < 4.78 is 5.59. The summed E-state index contributed by atoms with van der Waals surface area (Å²) in [5, 5.41) is 60.5. The number of benzene rings is 3. The van der Waals surface area contributed by atoms with E-state index in [2.05, 4.69) is 73.1 Å². The molecule has 6 aromatic rings. The summed E-state index contributed by atoms with van der Waals surface area (Å²) in [5.41, 5.74) is 20.9. The number of phenolic OH excluding ortho intramolecular Hbond substituents is 1. The molecule has 44 heteroatoms. The summed E-state index contributed by atoms with van der Waals surface area (Å²) in [6.45, 7) is 4.69. The number of aliphatic carboxylic acids is 1. The first-order valence-corrected chi connectivity index (χ1v) is 46.3. The number of nitrogens with two attached hydrogens (primary N) is 3. The van der Waals surface area contributed by atoms with Crippen molar-refractivity contribution in [3.05, 3.63) is 132 Å². The molecule has 22 N–H and O–H groups in total. The van der Waals surface area contributed by atoms with Crippen LogP contribution in [0.2, 0.25) is 0 Å². The molecule has 135 heavy (non-hydrogen) atoms. The normalized spacial score (nSPS) is 25.7. The van der Waals surface area contributed by atoms with Crippen molar-refractivity contribution >= 4 is 134 Å². The Bertz CT molecular complexity index is 5280. The lowest BCUT2D eigenvalue weighted by atomic mass is 9.99. The van der Waals surface area contributed by atoms with Crippen LogP contribution in [0, 0.1) is 5.92 Å². The van der Waals surface area contributed by atoms with Gasteiger partial charge in [0, 0.05) is 137 Å². The third kappa shape index (κ3) is 28.1. The minimum absolute atomic E-state index is 0.0611. The zero-order chi connectivity index (χ0) is 98.0. The summed E-state index contributed by atoms with van der Waals surface area (Å²) in [5.74, 6) is -17.3. The van der Waals surface area contributed by atoms with E-state index in [0.29, 0.717) is 69.9 Å². The number of fused-ring (bicyclic) bond motifs is 6. The van der Waals surface area contributed by atoms with Crippen molar-refractivity contribution in [3.63, 3.8) is 0 Å². The summed E-state index contributed by atoms with van der Waals surface area (Å²) in [6, 6.07) is -1.01. The van der Waals surface area contributed by atoms with Gasteiger partial charge in [0.05, 0.1) is 43.8 Å². The van der Waals surface area contributed by atoms with Gasteiger partial charge in [-0.2, -0.15) is 0 Å². The van der Waals surface area contributed by atoms with Gasteiger partial charge in [-0.3, -0.25) is 81.5 Å². The maximum Gasteiger partial charge on any atom is 0.303 e. The number of imidazole rings is 1. The van der Waals surface area contributed by atoms with Crippen molar-refractivity contribution in [2.45, 2.75) is 221 Å². The molecule has 43 nitrogen and oxygen atoms in total. The van der Waals surface area contributed by atoms with E-state index < -0.39 is 242 Å². The highest BCUT2D eigenvalue weighted by atomic mass is 32.2. The standard InChI is InChI=1S/C91H124N22O21S/c1-8-9-19-72-62-26-21-49(2)34-65(100-62)82(124)108-71(80(122)98-44-76(94)117)46-135-47-77(118)101-68(35-52-22-24-56(114)25-23-52)88(130)109(5)50(3)79(121)106-70(40-75(93)116)91(133)112-31-14-20-73(112)85(127)105-67(38-55-43-95-48-99-55)84(126)103-64(27-28-78(119)120)89(131)113-45-57(115)39-74(113)86(128)104-66(36-53-41-96-60-17-12-10-15-58(53)60)83(125)102-63(29-30-92)81(123)107-69(37-54-42-97-61-18-13-11-16-59(54)61)90(132)111(32-33-134-7)51(4)87(129)110(72)6/h10-13,15-18,22-26,41-43,48-51,57,63-74,96-97,100,114-115H,8-9,14,19-21,27-40,44-47,92H2,1-7H3,(H2,93,116)(H2,94,117)(H,95,99)(H,98,122)(H,101,118)(H,102,125)(H,103,126)(H,104,128)(H,105,127)(H,106,121)(H,107,123)(H,108,124)(H,119,120)/t49?,50-,51-,57+,63-,64-,65-,66-,67-,68-,69-,70-,71-,72-,73-,74-/m0/s1. The van der Waals surface area contributed by atoms with Crippen LogP contribution < -0.4 is 70.4 Å². The summed E-state index contributed by atoms with van der Waals surface area (Å²) in [6.07, 6.45) is 4.31. The van der Waals surface area contributed by atoms with E-state index >= 15 is 38.4 Å². The Balaban J connectivity index is 1.02. The van der Waals surface area contributed by atoms with Crippen molar-refractivity contribution in [2.75, 3.05) is 72.0 Å². The molecule has 16 atom stereocenters. The molecule has 4 aliphatic heterocycles. The molecule has 7 heterocycles. The second kappa shape index (κ2) is 49.0. The fourth-order valence-electron chi connectivity index (χ4n) is 17.2. The van der Waals surface area contributed by atoms with E-state index in [0.717, 1.165) is 26.5 Å². The maximum absolute atomic E-state index is 16.0. The predicted octanol–water partition coefficient (Wildman–Crippen LogP) is -2.38. The van der Waals surface area contributed by atoms with Gasteiger partial charge in [-0.1, -0.05) is 81.3 Å². The number of hydrogen-bond acceptors (Lipinski definition) is 24. The third-order valence-corrected chi connectivity index (χ3v) is 25.8. The van der Waals surface area contributed by atoms with Gasteiger partial charge < -0.3 is 130 Å². The number of hydrogen-bond donors (Lipinski definition) is 19. The molecule has 730 valence electrons. The zero-order valence-corrected chi connectivity index (χ0v) is 77.4. The molecule has 0 aliphatic carbocycles. The first kappa shape index (κ1) is 104. The first-order valence-electron chi connectivity index (χ1n) is 45.2. The summed E-state index contributed by atoms with van der Waals surface area (Å²) in [7, 11) is 4.18. The van der Waals surface area contributed by atoms with Crippen LogP contribution >= 0.6 is 11.8 Å². The third-order valence-electron chi connectivity index (χ3n) is 24.7. The van der Waals surface area contributed by atoms with Crippen LogP contribution in [-0.2, 0) is 112 Å². The lowest BCUT2D eigenvalue weighted by Crippen LogP contribution is -2.61. The number of methoxy groups -OCH3 is 1. The number of nitrogens with one attached hydrogen (secondary N) is 13. The van der Waals surface area contributed by atoms with E-state index in [1.807, 2.05) is 32.1 Å². The maximum atomic E-state index is 16.0. The van der Waals surface area contributed by atoms with E-state index in [4.69, 9.17) is 21.9 Å². The van der Waals surface area contributed by atoms with Crippen LogP contribution in [0.1, 0.15) is 127 Å². The highest BCUT2D eigenvalue weighted by Crippen LogP contribution is 2.30. The minimum Gasteiger partial charge on any atom is -0.508 e. The van der Waals surface area contributed by atoms with Crippen LogP contribution in [0.3, 0.4) is 0 Å². The van der Waals surface area contributed by atoms with Gasteiger partial charge >= 0.3 is 5.97 Å². The van der Waals surface area contributed by atoms with Gasteiger partial charge in [0.2, 0.25) is 94.5 Å². The molecule has 1 unspecified atom stereocenters. The Morgan fingerprint density at radius 3 is 1.82 bits per heavy atom. The van der Waals surface area contributed by atoms with Crippen molar-refractivity contribution < 1.29 is 102 Å². The molecule has 0 radical (unpaired) electrons. The van der Waals surface area contributed by atoms with Crippen molar-refractivity contribution in [2.24, 2.45) is 23.1 Å². The van der Waals surface area contributed by atoms with Crippen LogP contribution in [0.5, 0.6) is 5.75 Å². The van der Waals surface area contributed by atoms with Gasteiger partial charge in [-0.15, -0.1) is 11.8 Å². The Labute approximate surface area is 783 Å². The topological polar surface area (TPSA) is 635 Å². The number of rotatable bonds is 24. The number of thioether (sulfide) groups is 1. The number of phenols is 1. The number of aromatic amines is 3. The van der Waals surface area contributed by atoms with Gasteiger partial charge in [0.25, 0.3) is 0 Å². The summed E-state index contributed by atoms with van der Waals surface area (Å²) in [4.78, 5) is 267. The summed E-state index contributed by atoms with van der Waals surface area (Å²) >= 11 is 0.847. The Morgan fingerprint density at radius 2 is 1.20 bits per heavy atom. The number of amides is 16. The molecule has 3 aromatic heterocycles. The lowest BCUT2D eigenvalue weighted by Gasteiger charge is -2.38. The molecule has 0 saturated carbocycles. The number of ether oxygens (including phenoxy) is 1. The van der Waals surface area contributed by atoms with Gasteiger partial charge in [-0.25, -0.2) is 4.98 Å². The number of aliphatic hydroxyl groups is 1. The Hall–Kier alpha value is -13.5. The molecule has 2 bridgehead atoms. The average Bonchev–Trinajstić information content (AvgIpc) is 1.64. The van der Waals surface area contributed by atoms with Gasteiger partial charge in [0.1, 0.15) is 84.3 Å². The molecule has 0 spiro atoms. The monoisotopic (exact) mass is 1890 g/mol. The highest BCUT2D eigenvalue weighted by molar-refractivity contribution is 8.00. The fourth-order valence-corrected chi connectivity index (χ4v) is 18.1. The molecular weight excluding hydrogens is 1770 g/mol. The van der Waals surface area contributed by atoms with E-state index in [-0.39, 0.29) is 94.3 Å². The van der Waals surface area contributed by atoms with Crippen molar-refractivity contribution in [1.29, 1.82) is 0 Å². The number of nitrogens with zero attached hydrogens (tertiary/aromatic N) is 6. The average molecular weight is 1890 g/mol. The lowest BCUT2D eigenvalue weighted by molar-refractivity contribution is -0.148. The van der Waals surface area contributed by atoms with Crippen LogP contribution in [-0.4, -0.2) is 323 Å². The number of unbranched alkanes of at least 4 members (excludes halogenated alkanes) is 1. The van der Waals surface area contributed by atoms with Gasteiger partial charge in [-0.05, 0) is 112 Å².